The van der Waals surface area contributed by atoms with Gasteiger partial charge < -0.3 is 19.3 Å². The van der Waals surface area contributed by atoms with E-state index in [-0.39, 0.29) is 29.2 Å². The van der Waals surface area contributed by atoms with E-state index >= 15 is 0 Å². The third-order valence-corrected chi connectivity index (χ3v) is 16.5. The molecule has 13 heteroatoms. The predicted octanol–water partition coefficient (Wildman–Crippen LogP) is 11.2. The van der Waals surface area contributed by atoms with E-state index in [0.29, 0.717) is 12.0 Å². The average molecular weight is 1150 g/mol. The summed E-state index contributed by atoms with van der Waals surface area (Å²) in [5.74, 6) is -0.997. The number of hydrogen-bond donors (Lipinski definition) is 0. The van der Waals surface area contributed by atoms with Crippen LogP contribution in [0.25, 0.3) is 7.16 Å². The smallest absolute Gasteiger partial charge is 0.331 e. The molecule has 68 heavy (non-hydrogen) atoms. The Bertz CT molecular complexity index is 2610. The van der Waals surface area contributed by atoms with Crippen molar-refractivity contribution in [3.8, 4) is 0 Å². The van der Waals surface area contributed by atoms with Crippen molar-refractivity contribution in [3.05, 3.63) is 215 Å². The minimum Gasteiger partial charge on any atom is -0.451 e. The molecule has 2 aromatic heterocycles. The molecule has 0 aliphatic carbocycles. The van der Waals surface area contributed by atoms with Crippen molar-refractivity contribution in [3.63, 3.8) is 0 Å². The Kier molecular flexibility index (Phi) is 13.8. The third kappa shape index (κ3) is 9.16. The number of ether oxygens (including phenoxy) is 2. The Morgan fingerprint density at radius 2 is 0.941 bits per heavy atom. The van der Waals surface area contributed by atoms with E-state index in [4.69, 9.17) is 9.47 Å². The number of aromatic nitrogens is 2. The third-order valence-electron chi connectivity index (χ3n) is 12.8. The van der Waals surface area contributed by atoms with Crippen LogP contribution >= 0.6 is 56.9 Å². The molecular weight excluding hydrogens is 1100 g/mol. The van der Waals surface area contributed by atoms with E-state index in [9.17, 15) is 19.2 Å². The van der Waals surface area contributed by atoms with Gasteiger partial charge in [0.15, 0.2) is 12.2 Å². The highest BCUT2D eigenvalue weighted by Crippen LogP contribution is 2.56. The number of carbonyl (C=O) groups excluding carboxylic acids is 4. The molecule has 0 saturated carbocycles. The van der Waals surface area contributed by atoms with Crippen LogP contribution in [0.1, 0.15) is 80.0 Å². The molecule has 4 atom stereocenters. The SMILES string of the molecule is CC1(C)CC2/C(=C(/I)c3ccccn3)C(=O)N2[C@H]1C(=O)OC(c1ccccc1)c1ccccc1.CC1(C)SC2/C(=C(/I)c3ccccn3)C(=O)N2[C@H]1C(=O)OC(c1ccccc1)c1ccccc1. The van der Waals surface area contributed by atoms with Crippen LogP contribution in [-0.4, -0.2) is 71.8 Å². The number of esters is 2. The molecule has 4 aliphatic heterocycles. The van der Waals surface area contributed by atoms with E-state index < -0.39 is 40.4 Å². The molecule has 344 valence electrons. The molecule has 4 aromatic carbocycles. The fraction of sp³-hybridized carbons (Fsp3) is 0.236. The highest BCUT2D eigenvalue weighted by molar-refractivity contribution is 14.1. The van der Waals surface area contributed by atoms with Crippen LogP contribution in [0, 0.1) is 5.41 Å². The first-order chi connectivity index (χ1) is 32.8. The lowest BCUT2D eigenvalue weighted by Gasteiger charge is -2.41. The molecule has 0 bridgehead atoms. The van der Waals surface area contributed by atoms with Crippen molar-refractivity contribution in [1.29, 1.82) is 0 Å². The van der Waals surface area contributed by atoms with Crippen LogP contribution in [0.4, 0.5) is 0 Å². The first-order valence-corrected chi connectivity index (χ1v) is 25.4. The van der Waals surface area contributed by atoms with Crippen LogP contribution in [0.15, 0.2) is 181 Å². The standard InChI is InChI=1S/C28H25IN2O3.C27H23IN2O3S/c1-28(2)17-21-22(23(29)20-15-9-10-16-30-20)26(32)31(21)25(28)27(33)34-24(18-11-5-3-6-12-18)19-13-7-4-8-14-19;1-27(2)23(30-24(31)20(25(30)34-27)21(28)19-15-9-10-16-29-19)26(32)33-22(17-11-5-3-6-12-17)18-13-7-4-8-14-18/h3-16,21,24-25H,17H2,1-2H3;3-16,22-23,25H,1-2H3/b23-22-;21-20+/t21?,25-;23-,25?/m00/s1. The molecular formula is C55H48I2N4O6S. The molecule has 4 fully saturated rings. The lowest BCUT2D eigenvalue weighted by molar-refractivity contribution is -0.162. The van der Waals surface area contributed by atoms with Gasteiger partial charge in [0.25, 0.3) is 11.8 Å². The van der Waals surface area contributed by atoms with E-state index in [0.717, 1.165) is 46.4 Å². The number of fused-ring (bicyclic) bond motifs is 2. The summed E-state index contributed by atoms with van der Waals surface area (Å²) >= 11 is 6.01. The van der Waals surface area contributed by atoms with E-state index in [2.05, 4.69) is 55.1 Å². The maximum absolute atomic E-state index is 13.7. The minimum atomic E-state index is -0.679. The predicted molar refractivity (Wildman–Crippen MR) is 281 cm³/mol. The van der Waals surface area contributed by atoms with Gasteiger partial charge in [-0.15, -0.1) is 11.8 Å². The zero-order valence-corrected chi connectivity index (χ0v) is 42.9. The largest absolute Gasteiger partial charge is 0.451 e. The number of thioether (sulfide) groups is 1. The van der Waals surface area contributed by atoms with E-state index in [1.807, 2.05) is 185 Å². The summed E-state index contributed by atoms with van der Waals surface area (Å²) in [7, 11) is 0. The summed E-state index contributed by atoms with van der Waals surface area (Å²) in [5.41, 5.74) is 6.15. The van der Waals surface area contributed by atoms with Crippen molar-refractivity contribution in [2.75, 3.05) is 0 Å². The van der Waals surface area contributed by atoms with Crippen LogP contribution in [-0.2, 0) is 28.7 Å². The number of carbonyl (C=O) groups is 4. The van der Waals surface area contributed by atoms with Gasteiger partial charge in [0, 0.05) is 20.7 Å². The molecule has 0 radical (unpaired) electrons. The molecule has 2 amide bonds. The van der Waals surface area contributed by atoms with Gasteiger partial charge in [-0.05, 0) is 117 Å². The maximum atomic E-state index is 13.7. The van der Waals surface area contributed by atoms with Crippen molar-refractivity contribution in [2.45, 2.75) is 74.6 Å². The summed E-state index contributed by atoms with van der Waals surface area (Å²) in [6.07, 6.45) is 3.06. The summed E-state index contributed by atoms with van der Waals surface area (Å²) in [4.78, 5) is 66.1. The summed E-state index contributed by atoms with van der Waals surface area (Å²) in [6, 6.07) is 48.7. The average Bonchev–Trinajstić information content (AvgIpc) is 3.76. The molecule has 0 N–H and O–H groups in total. The Morgan fingerprint density at radius 1 is 0.559 bits per heavy atom. The second kappa shape index (κ2) is 19.8. The van der Waals surface area contributed by atoms with Crippen molar-refractivity contribution < 1.29 is 28.7 Å². The Morgan fingerprint density at radius 3 is 1.35 bits per heavy atom. The monoisotopic (exact) mass is 1150 g/mol. The summed E-state index contributed by atoms with van der Waals surface area (Å²) in [6.45, 7) is 8.08. The van der Waals surface area contributed by atoms with Gasteiger partial charge in [0.1, 0.15) is 17.5 Å². The Labute approximate surface area is 427 Å². The normalized spacial score (nSPS) is 22.2. The zero-order chi connectivity index (χ0) is 47.7. The van der Waals surface area contributed by atoms with Crippen LogP contribution < -0.4 is 0 Å². The second-order valence-corrected chi connectivity index (χ2v) is 22.1. The fourth-order valence-corrected chi connectivity index (χ4v) is 13.1. The number of rotatable bonds is 10. The number of benzene rings is 4. The van der Waals surface area contributed by atoms with Gasteiger partial charge in [-0.1, -0.05) is 147 Å². The molecule has 2 unspecified atom stereocenters. The summed E-state index contributed by atoms with van der Waals surface area (Å²) in [5, 5.41) is -0.194. The molecule has 10 rings (SSSR count). The van der Waals surface area contributed by atoms with Crippen LogP contribution in [0.5, 0.6) is 0 Å². The minimum absolute atomic E-state index is 0.108. The number of amides is 2. The molecule has 4 saturated heterocycles. The van der Waals surface area contributed by atoms with Crippen LogP contribution in [0.2, 0.25) is 0 Å². The lowest BCUT2D eigenvalue weighted by Crippen LogP contribution is -2.59. The van der Waals surface area contributed by atoms with Gasteiger partial charge in [0.2, 0.25) is 0 Å². The molecule has 4 aliphatic rings. The molecule has 6 aromatic rings. The number of nitrogens with zero attached hydrogens (tertiary/aromatic N) is 4. The van der Waals surface area contributed by atoms with Gasteiger partial charge in [-0.2, -0.15) is 0 Å². The fourth-order valence-electron chi connectivity index (χ4n) is 9.52. The Hall–Kier alpha value is -5.65. The van der Waals surface area contributed by atoms with Crippen molar-refractivity contribution in [1.82, 2.24) is 19.8 Å². The molecule has 0 spiro atoms. The van der Waals surface area contributed by atoms with E-state index in [1.54, 1.807) is 34.0 Å². The second-order valence-electron chi connectivity index (χ2n) is 18.2. The molecule has 6 heterocycles. The highest BCUT2D eigenvalue weighted by Gasteiger charge is 2.63. The van der Waals surface area contributed by atoms with E-state index in [1.165, 1.54) is 0 Å². The van der Waals surface area contributed by atoms with Gasteiger partial charge in [0.05, 0.1) is 32.2 Å². The highest BCUT2D eigenvalue weighted by atomic mass is 127. The van der Waals surface area contributed by atoms with Gasteiger partial charge in [-0.3, -0.25) is 19.6 Å². The molecule has 10 nitrogen and oxygen atoms in total. The number of hydrogen-bond acceptors (Lipinski definition) is 9. The first-order valence-electron chi connectivity index (χ1n) is 22.3. The lowest BCUT2D eigenvalue weighted by atomic mass is 9.83. The number of halogens is 2. The van der Waals surface area contributed by atoms with Crippen molar-refractivity contribution in [2.24, 2.45) is 5.41 Å². The maximum Gasteiger partial charge on any atom is 0.331 e. The first kappa shape index (κ1) is 47.4. The number of β-lactam (4-membered cyclic amide) rings is 2. The number of pyridine rings is 2. The van der Waals surface area contributed by atoms with Gasteiger partial charge in [-0.25, -0.2) is 9.59 Å². The summed E-state index contributed by atoms with van der Waals surface area (Å²) < 4.78 is 13.5. The van der Waals surface area contributed by atoms with Gasteiger partial charge >= 0.3 is 11.9 Å². The zero-order valence-electron chi connectivity index (χ0n) is 37.7. The van der Waals surface area contributed by atoms with Crippen molar-refractivity contribution >= 4 is 87.9 Å². The topological polar surface area (TPSA) is 119 Å². The van der Waals surface area contributed by atoms with Crippen LogP contribution in [0.3, 0.4) is 0 Å². The quantitative estimate of drug-likeness (QED) is 0.0572. The Balaban J connectivity index is 0.000000170.